The fraction of sp³-hybridized carbons (Fsp3) is 0.333. The van der Waals surface area contributed by atoms with E-state index in [0.29, 0.717) is 30.3 Å². The second-order valence-electron chi connectivity index (χ2n) is 9.52. The molecule has 10 heteroatoms. The van der Waals surface area contributed by atoms with E-state index in [2.05, 4.69) is 5.32 Å². The van der Waals surface area contributed by atoms with Crippen LogP contribution < -0.4 is 19.1 Å². The van der Waals surface area contributed by atoms with Crippen LogP contribution in [0.4, 0.5) is 11.4 Å². The van der Waals surface area contributed by atoms with Crippen molar-refractivity contribution in [3.05, 3.63) is 77.9 Å². The Morgan fingerprint density at radius 2 is 1.62 bits per heavy atom. The smallest absolute Gasteiger partial charge is 0.316 e. The average Bonchev–Trinajstić information content (AvgIpc) is 3.75. The van der Waals surface area contributed by atoms with E-state index >= 15 is 0 Å². The Balaban J connectivity index is 1.60. The van der Waals surface area contributed by atoms with E-state index in [1.807, 2.05) is 6.92 Å². The van der Waals surface area contributed by atoms with Crippen molar-refractivity contribution < 1.29 is 32.2 Å². The Kier molecular flexibility index (Phi) is 8.68. The van der Waals surface area contributed by atoms with Crippen LogP contribution in [0.15, 0.2) is 71.6 Å². The number of rotatable bonds is 12. The first kappa shape index (κ1) is 28.9. The van der Waals surface area contributed by atoms with Gasteiger partial charge in [-0.1, -0.05) is 18.2 Å². The first-order chi connectivity index (χ1) is 19.1. The van der Waals surface area contributed by atoms with Gasteiger partial charge < -0.3 is 19.5 Å². The third kappa shape index (κ3) is 6.07. The molecule has 0 aliphatic heterocycles. The van der Waals surface area contributed by atoms with E-state index in [9.17, 15) is 18.0 Å². The second-order valence-corrected chi connectivity index (χ2v) is 11.4. The van der Waals surface area contributed by atoms with Crippen LogP contribution in [0, 0.1) is 6.92 Å². The number of hydrogen-bond donors (Lipinski definition) is 1. The highest BCUT2D eigenvalue weighted by atomic mass is 32.2. The number of nitrogens with one attached hydrogen (secondary N) is 1. The molecule has 1 N–H and O–H groups in total. The van der Waals surface area contributed by atoms with Gasteiger partial charge in [-0.05, 0) is 93.3 Å². The van der Waals surface area contributed by atoms with Crippen LogP contribution in [0.3, 0.4) is 0 Å². The topological polar surface area (TPSA) is 111 Å². The zero-order valence-corrected chi connectivity index (χ0v) is 23.9. The summed E-state index contributed by atoms with van der Waals surface area (Å²) in [4.78, 5) is 25.6. The Morgan fingerprint density at radius 1 is 0.950 bits per heavy atom. The molecular weight excluding hydrogens is 532 g/mol. The molecule has 1 aliphatic carbocycles. The van der Waals surface area contributed by atoms with Gasteiger partial charge in [-0.25, -0.2) is 8.42 Å². The standard InChI is InChI=1S/C30H34N2O7S/c1-5-38-25-14-12-24(13-15-25)32(40(35,36)27-19-21(3)7-16-26(27)37-4)20-28(33)31-23-10-8-22(9-11-23)30(17-18-30)29(34)39-6-2/h7-16,19H,5-6,17-18,20H2,1-4H3,(H,31,33). The van der Waals surface area contributed by atoms with E-state index in [-0.39, 0.29) is 16.6 Å². The summed E-state index contributed by atoms with van der Waals surface area (Å²) in [6.07, 6.45) is 1.43. The molecule has 0 atom stereocenters. The van der Waals surface area contributed by atoms with Crippen LogP contribution in [0.25, 0.3) is 0 Å². The zero-order chi connectivity index (χ0) is 28.9. The predicted octanol–water partition coefficient (Wildman–Crippen LogP) is 4.83. The number of nitrogens with zero attached hydrogens (tertiary/aromatic N) is 1. The Hall–Kier alpha value is -4.05. The summed E-state index contributed by atoms with van der Waals surface area (Å²) >= 11 is 0. The van der Waals surface area contributed by atoms with Crippen LogP contribution in [-0.4, -0.2) is 47.2 Å². The van der Waals surface area contributed by atoms with Crippen LogP contribution in [0.5, 0.6) is 11.5 Å². The maximum atomic E-state index is 13.9. The van der Waals surface area contributed by atoms with Gasteiger partial charge in [0.25, 0.3) is 10.0 Å². The van der Waals surface area contributed by atoms with Gasteiger partial charge >= 0.3 is 5.97 Å². The molecule has 0 radical (unpaired) electrons. The summed E-state index contributed by atoms with van der Waals surface area (Å²) in [5, 5.41) is 2.77. The summed E-state index contributed by atoms with van der Waals surface area (Å²) < 4.78 is 45.0. The maximum Gasteiger partial charge on any atom is 0.316 e. The molecule has 0 unspecified atom stereocenters. The molecule has 212 valence electrons. The van der Waals surface area contributed by atoms with Crippen molar-refractivity contribution >= 4 is 33.3 Å². The molecule has 3 aromatic carbocycles. The van der Waals surface area contributed by atoms with Gasteiger partial charge in [-0.15, -0.1) is 0 Å². The summed E-state index contributed by atoms with van der Waals surface area (Å²) in [5.41, 5.74) is 1.71. The predicted molar refractivity (Wildman–Crippen MR) is 152 cm³/mol. The first-order valence-electron chi connectivity index (χ1n) is 13.1. The number of anilines is 2. The van der Waals surface area contributed by atoms with Gasteiger partial charge in [0, 0.05) is 5.69 Å². The highest BCUT2D eigenvalue weighted by Crippen LogP contribution is 2.49. The van der Waals surface area contributed by atoms with E-state index in [0.717, 1.165) is 28.3 Å². The lowest BCUT2D eigenvalue weighted by Gasteiger charge is -2.25. The monoisotopic (exact) mass is 566 g/mol. The molecule has 1 aliphatic rings. The number of benzene rings is 3. The van der Waals surface area contributed by atoms with E-state index in [1.165, 1.54) is 13.2 Å². The highest BCUT2D eigenvalue weighted by molar-refractivity contribution is 7.93. The Morgan fingerprint density at radius 3 is 2.20 bits per heavy atom. The number of aryl methyl sites for hydroxylation is 1. The molecule has 1 saturated carbocycles. The van der Waals surface area contributed by atoms with Crippen molar-refractivity contribution in [1.82, 2.24) is 0 Å². The normalized spacial score (nSPS) is 13.7. The second kappa shape index (κ2) is 12.0. The third-order valence-corrected chi connectivity index (χ3v) is 8.54. The number of amides is 1. The number of carbonyl (C=O) groups excluding carboxylic acids is 2. The van der Waals surface area contributed by atoms with Gasteiger partial charge in [-0.3, -0.25) is 13.9 Å². The van der Waals surface area contributed by atoms with Gasteiger partial charge in [0.2, 0.25) is 5.91 Å². The van der Waals surface area contributed by atoms with Crippen LogP contribution in [0.2, 0.25) is 0 Å². The summed E-state index contributed by atoms with van der Waals surface area (Å²) in [5.74, 6) is -0.0245. The molecule has 1 fully saturated rings. The number of hydrogen-bond acceptors (Lipinski definition) is 7. The van der Waals surface area contributed by atoms with Crippen molar-refractivity contribution in [3.63, 3.8) is 0 Å². The van der Waals surface area contributed by atoms with Crippen molar-refractivity contribution in [2.75, 3.05) is 36.5 Å². The minimum absolute atomic E-state index is 0.0465. The van der Waals surface area contributed by atoms with Crippen molar-refractivity contribution in [2.24, 2.45) is 0 Å². The van der Waals surface area contributed by atoms with E-state index < -0.39 is 27.9 Å². The fourth-order valence-electron chi connectivity index (χ4n) is 4.50. The van der Waals surface area contributed by atoms with Crippen molar-refractivity contribution in [1.29, 1.82) is 0 Å². The molecule has 40 heavy (non-hydrogen) atoms. The van der Waals surface area contributed by atoms with Crippen LogP contribution in [0.1, 0.15) is 37.8 Å². The highest BCUT2D eigenvalue weighted by Gasteiger charge is 2.52. The third-order valence-electron chi connectivity index (χ3n) is 6.75. The number of sulfonamides is 1. The fourth-order valence-corrected chi connectivity index (χ4v) is 6.17. The minimum atomic E-state index is -4.21. The van der Waals surface area contributed by atoms with Crippen LogP contribution >= 0.6 is 0 Å². The molecular formula is C30H34N2O7S. The SMILES string of the molecule is CCOC(=O)C1(c2ccc(NC(=O)CN(c3ccc(OCC)cc3)S(=O)(=O)c3cc(C)ccc3OC)cc2)CC1. The number of ether oxygens (including phenoxy) is 3. The Bertz CT molecular complexity index is 1460. The maximum absolute atomic E-state index is 13.9. The molecule has 0 heterocycles. The quantitative estimate of drug-likeness (QED) is 0.313. The van der Waals surface area contributed by atoms with Gasteiger partial charge in [0.1, 0.15) is 22.9 Å². The molecule has 3 aromatic rings. The van der Waals surface area contributed by atoms with E-state index in [4.69, 9.17) is 14.2 Å². The molecule has 0 bridgehead atoms. The van der Waals surface area contributed by atoms with Crippen molar-refractivity contribution in [2.45, 2.75) is 43.9 Å². The Labute approximate surface area is 235 Å². The van der Waals surface area contributed by atoms with Gasteiger partial charge in [0.05, 0.1) is 31.4 Å². The molecule has 9 nitrogen and oxygen atoms in total. The lowest BCUT2D eigenvalue weighted by Crippen LogP contribution is -2.38. The minimum Gasteiger partial charge on any atom is -0.495 e. The largest absolute Gasteiger partial charge is 0.495 e. The molecule has 0 spiro atoms. The molecule has 4 rings (SSSR count). The number of methoxy groups -OCH3 is 1. The molecule has 0 aromatic heterocycles. The lowest BCUT2D eigenvalue weighted by molar-refractivity contribution is -0.146. The van der Waals surface area contributed by atoms with Gasteiger partial charge in [0.15, 0.2) is 0 Å². The summed E-state index contributed by atoms with van der Waals surface area (Å²) in [7, 11) is -2.81. The van der Waals surface area contributed by atoms with Crippen molar-refractivity contribution in [3.8, 4) is 11.5 Å². The molecule has 1 amide bonds. The zero-order valence-electron chi connectivity index (χ0n) is 23.1. The van der Waals surface area contributed by atoms with E-state index in [1.54, 1.807) is 74.5 Å². The average molecular weight is 567 g/mol. The summed E-state index contributed by atoms with van der Waals surface area (Å²) in [6.45, 7) is 5.71. The summed E-state index contributed by atoms with van der Waals surface area (Å²) in [6, 6.07) is 18.3. The number of esters is 1. The van der Waals surface area contributed by atoms with Gasteiger partial charge in [-0.2, -0.15) is 0 Å². The lowest BCUT2D eigenvalue weighted by atomic mass is 9.96. The molecule has 0 saturated heterocycles. The number of carbonyl (C=O) groups is 2. The first-order valence-corrected chi connectivity index (χ1v) is 14.6. The van der Waals surface area contributed by atoms with Crippen LogP contribution in [-0.2, 0) is 29.8 Å².